The Morgan fingerprint density at radius 3 is 2.86 bits per heavy atom. The van der Waals surface area contributed by atoms with Gasteiger partial charge in [0.15, 0.2) is 0 Å². The molecule has 3 rings (SSSR count). The number of aliphatic hydroxyl groups excluding tert-OH is 1. The Labute approximate surface area is 131 Å². The summed E-state index contributed by atoms with van der Waals surface area (Å²) < 4.78 is 6.94. The number of rotatable bonds is 4. The minimum absolute atomic E-state index is 0.376. The van der Waals surface area contributed by atoms with E-state index in [2.05, 4.69) is 4.98 Å². The molecular weight excluding hydrogens is 306 g/mol. The summed E-state index contributed by atoms with van der Waals surface area (Å²) in [7, 11) is 0. The van der Waals surface area contributed by atoms with Crippen LogP contribution in [0.15, 0.2) is 42.5 Å². The van der Waals surface area contributed by atoms with E-state index in [1.807, 2.05) is 24.3 Å². The van der Waals surface area contributed by atoms with Crippen LogP contribution in [0.25, 0.3) is 10.2 Å². The van der Waals surface area contributed by atoms with Gasteiger partial charge in [0.05, 0.1) is 16.3 Å². The van der Waals surface area contributed by atoms with Gasteiger partial charge >= 0.3 is 0 Å². The van der Waals surface area contributed by atoms with E-state index in [-0.39, 0.29) is 0 Å². The molecular formula is C16H14ClNO2S. The number of halogens is 1. The van der Waals surface area contributed by atoms with E-state index < -0.39 is 6.10 Å². The predicted molar refractivity (Wildman–Crippen MR) is 86.0 cm³/mol. The number of hydrogen-bond acceptors (Lipinski definition) is 4. The second kappa shape index (κ2) is 6.02. The van der Waals surface area contributed by atoms with Crippen molar-refractivity contribution in [2.45, 2.75) is 19.6 Å². The van der Waals surface area contributed by atoms with Gasteiger partial charge in [-0.15, -0.1) is 11.3 Å². The highest BCUT2D eigenvalue weighted by atomic mass is 35.5. The molecule has 0 aliphatic heterocycles. The van der Waals surface area contributed by atoms with Crippen molar-refractivity contribution in [3.05, 3.63) is 58.1 Å². The van der Waals surface area contributed by atoms with Gasteiger partial charge in [-0.2, -0.15) is 0 Å². The van der Waals surface area contributed by atoms with Crippen LogP contribution >= 0.6 is 22.9 Å². The molecule has 3 aromatic rings. The van der Waals surface area contributed by atoms with Crippen molar-refractivity contribution in [3.63, 3.8) is 0 Å². The number of aliphatic hydroxyl groups is 1. The van der Waals surface area contributed by atoms with Gasteiger partial charge in [-0.25, -0.2) is 4.98 Å². The molecule has 0 saturated heterocycles. The van der Waals surface area contributed by atoms with Crippen LogP contribution in [0.5, 0.6) is 5.75 Å². The molecule has 5 heteroatoms. The molecule has 0 fully saturated rings. The molecule has 0 bridgehead atoms. The normalized spacial score (nSPS) is 12.5. The lowest BCUT2D eigenvalue weighted by atomic mass is 10.1. The first-order valence-corrected chi connectivity index (χ1v) is 7.77. The van der Waals surface area contributed by atoms with Crippen molar-refractivity contribution in [2.75, 3.05) is 0 Å². The topological polar surface area (TPSA) is 42.4 Å². The number of para-hydroxylation sites is 1. The Hall–Kier alpha value is -1.62. The number of ether oxygens (including phenoxy) is 1. The SMILES string of the molecule is CC(O)c1cc(Cl)ccc1OCc1nc2ccccc2s1. The maximum Gasteiger partial charge on any atom is 0.140 e. The third kappa shape index (κ3) is 3.18. The molecule has 1 heterocycles. The van der Waals surface area contributed by atoms with Crippen molar-refractivity contribution in [3.8, 4) is 5.75 Å². The van der Waals surface area contributed by atoms with E-state index in [1.165, 1.54) is 0 Å². The van der Waals surface area contributed by atoms with Crippen LogP contribution in [-0.2, 0) is 6.61 Å². The van der Waals surface area contributed by atoms with Crippen LogP contribution in [0.2, 0.25) is 5.02 Å². The standard InChI is InChI=1S/C16H14ClNO2S/c1-10(19)12-8-11(17)6-7-14(12)20-9-16-18-13-4-2-3-5-15(13)21-16/h2-8,10,19H,9H2,1H3. The lowest BCUT2D eigenvalue weighted by Crippen LogP contribution is -2.00. The van der Waals surface area contributed by atoms with E-state index in [9.17, 15) is 5.11 Å². The highest BCUT2D eigenvalue weighted by Gasteiger charge is 2.11. The fourth-order valence-corrected chi connectivity index (χ4v) is 3.16. The largest absolute Gasteiger partial charge is 0.486 e. The molecule has 0 spiro atoms. The third-order valence-electron chi connectivity index (χ3n) is 3.11. The molecule has 1 aromatic heterocycles. The third-order valence-corrected chi connectivity index (χ3v) is 4.36. The Bertz CT molecular complexity index is 737. The Kier molecular flexibility index (Phi) is 4.10. The fourth-order valence-electron chi connectivity index (χ4n) is 2.10. The second-order valence-electron chi connectivity index (χ2n) is 4.72. The molecule has 3 nitrogen and oxygen atoms in total. The van der Waals surface area contributed by atoms with E-state index in [0.29, 0.717) is 22.9 Å². The number of aromatic nitrogens is 1. The summed E-state index contributed by atoms with van der Waals surface area (Å²) >= 11 is 7.56. The first-order chi connectivity index (χ1) is 10.1. The zero-order valence-corrected chi connectivity index (χ0v) is 13.0. The molecule has 2 aromatic carbocycles. The van der Waals surface area contributed by atoms with Crippen molar-refractivity contribution < 1.29 is 9.84 Å². The van der Waals surface area contributed by atoms with E-state index >= 15 is 0 Å². The highest BCUT2D eigenvalue weighted by Crippen LogP contribution is 2.30. The van der Waals surface area contributed by atoms with Crippen LogP contribution in [0.4, 0.5) is 0 Å². The number of thiazole rings is 1. The average Bonchev–Trinajstić information content (AvgIpc) is 2.88. The molecule has 1 atom stereocenters. The zero-order valence-electron chi connectivity index (χ0n) is 11.4. The van der Waals surface area contributed by atoms with E-state index in [0.717, 1.165) is 15.2 Å². The smallest absolute Gasteiger partial charge is 0.140 e. The summed E-state index contributed by atoms with van der Waals surface area (Å²) in [6.45, 7) is 2.07. The molecule has 1 unspecified atom stereocenters. The van der Waals surface area contributed by atoms with Crippen molar-refractivity contribution in [1.29, 1.82) is 0 Å². The number of fused-ring (bicyclic) bond motifs is 1. The van der Waals surface area contributed by atoms with Crippen LogP contribution in [-0.4, -0.2) is 10.1 Å². The summed E-state index contributed by atoms with van der Waals surface area (Å²) in [5, 5.41) is 11.3. The van der Waals surface area contributed by atoms with Gasteiger partial charge in [-0.1, -0.05) is 23.7 Å². The molecule has 0 radical (unpaired) electrons. The van der Waals surface area contributed by atoms with E-state index in [1.54, 1.807) is 36.5 Å². The van der Waals surface area contributed by atoms with Crippen LogP contribution in [0.3, 0.4) is 0 Å². The first kappa shape index (κ1) is 14.3. The minimum atomic E-state index is -0.630. The maximum atomic E-state index is 9.79. The van der Waals surface area contributed by atoms with Crippen molar-refractivity contribution in [2.24, 2.45) is 0 Å². The van der Waals surface area contributed by atoms with Crippen molar-refractivity contribution in [1.82, 2.24) is 4.98 Å². The quantitative estimate of drug-likeness (QED) is 0.765. The minimum Gasteiger partial charge on any atom is -0.486 e. The molecule has 108 valence electrons. The summed E-state index contributed by atoms with van der Waals surface area (Å²) in [6, 6.07) is 13.2. The maximum absolute atomic E-state index is 9.79. The predicted octanol–water partition coefficient (Wildman–Crippen LogP) is 4.58. The van der Waals surface area contributed by atoms with Crippen LogP contribution in [0.1, 0.15) is 23.6 Å². The van der Waals surface area contributed by atoms with Crippen LogP contribution < -0.4 is 4.74 Å². The van der Waals surface area contributed by atoms with Gasteiger partial charge in [0.25, 0.3) is 0 Å². The first-order valence-electron chi connectivity index (χ1n) is 6.58. The number of hydrogen-bond donors (Lipinski definition) is 1. The molecule has 1 N–H and O–H groups in total. The lowest BCUT2D eigenvalue weighted by Gasteiger charge is -2.13. The summed E-state index contributed by atoms with van der Waals surface area (Å²) in [6.07, 6.45) is -0.630. The molecule has 0 saturated carbocycles. The molecule has 0 amide bonds. The monoisotopic (exact) mass is 319 g/mol. The second-order valence-corrected chi connectivity index (χ2v) is 6.27. The van der Waals surface area contributed by atoms with Gasteiger partial charge in [-0.3, -0.25) is 0 Å². The number of nitrogens with zero attached hydrogens (tertiary/aromatic N) is 1. The number of benzene rings is 2. The average molecular weight is 320 g/mol. The molecule has 21 heavy (non-hydrogen) atoms. The molecule has 0 aliphatic rings. The Morgan fingerprint density at radius 2 is 2.10 bits per heavy atom. The summed E-state index contributed by atoms with van der Waals surface area (Å²) in [5.41, 5.74) is 1.66. The van der Waals surface area contributed by atoms with Gasteiger partial charge in [0.2, 0.25) is 0 Å². The van der Waals surface area contributed by atoms with Crippen molar-refractivity contribution >= 4 is 33.2 Å². The Morgan fingerprint density at radius 1 is 1.29 bits per heavy atom. The summed E-state index contributed by atoms with van der Waals surface area (Å²) in [4.78, 5) is 4.52. The van der Waals surface area contributed by atoms with Gasteiger partial charge in [0, 0.05) is 10.6 Å². The van der Waals surface area contributed by atoms with E-state index in [4.69, 9.17) is 16.3 Å². The fraction of sp³-hybridized carbons (Fsp3) is 0.188. The zero-order chi connectivity index (χ0) is 14.8. The van der Waals surface area contributed by atoms with Gasteiger partial charge < -0.3 is 9.84 Å². The van der Waals surface area contributed by atoms with Gasteiger partial charge in [-0.05, 0) is 37.3 Å². The van der Waals surface area contributed by atoms with Crippen LogP contribution in [0, 0.1) is 0 Å². The van der Waals surface area contributed by atoms with Gasteiger partial charge in [0.1, 0.15) is 17.4 Å². The highest BCUT2D eigenvalue weighted by molar-refractivity contribution is 7.18. The Balaban J connectivity index is 1.81. The molecule has 0 aliphatic carbocycles. The lowest BCUT2D eigenvalue weighted by molar-refractivity contribution is 0.190. The summed E-state index contributed by atoms with van der Waals surface area (Å²) in [5.74, 6) is 0.633.